The van der Waals surface area contributed by atoms with Crippen LogP contribution in [0, 0.1) is 5.41 Å². The molecular weight excluding hydrogens is 198 g/mol. The summed E-state index contributed by atoms with van der Waals surface area (Å²) in [6.45, 7) is 8.05. The molecule has 0 aromatic heterocycles. The van der Waals surface area contributed by atoms with Gasteiger partial charge in [0.2, 0.25) is 0 Å². The minimum atomic E-state index is 0.318. The van der Waals surface area contributed by atoms with Crippen molar-refractivity contribution >= 4 is 0 Å². The zero-order valence-corrected chi connectivity index (χ0v) is 11.5. The summed E-state index contributed by atoms with van der Waals surface area (Å²) in [6.07, 6.45) is 8.45. The van der Waals surface area contributed by atoms with Crippen LogP contribution in [0.5, 0.6) is 0 Å². The number of methoxy groups -OCH3 is 1. The molecule has 0 aromatic rings. The first-order chi connectivity index (χ1) is 7.62. The van der Waals surface area contributed by atoms with Gasteiger partial charge >= 0.3 is 0 Å². The second kappa shape index (κ2) is 6.61. The smallest absolute Gasteiger partial charge is 0.0652 e. The summed E-state index contributed by atoms with van der Waals surface area (Å²) in [5, 5.41) is 3.67. The van der Waals surface area contributed by atoms with E-state index in [4.69, 9.17) is 4.74 Å². The van der Waals surface area contributed by atoms with E-state index in [0.29, 0.717) is 17.6 Å². The van der Waals surface area contributed by atoms with Crippen molar-refractivity contribution in [1.29, 1.82) is 0 Å². The molecule has 0 amide bonds. The highest BCUT2D eigenvalue weighted by Crippen LogP contribution is 2.42. The zero-order valence-electron chi connectivity index (χ0n) is 11.5. The topological polar surface area (TPSA) is 21.3 Å². The van der Waals surface area contributed by atoms with Gasteiger partial charge in [-0.2, -0.15) is 0 Å². The molecule has 0 bridgehead atoms. The molecule has 16 heavy (non-hydrogen) atoms. The Balaban J connectivity index is 2.03. The van der Waals surface area contributed by atoms with Crippen LogP contribution < -0.4 is 5.32 Å². The molecule has 1 aliphatic carbocycles. The highest BCUT2D eigenvalue weighted by Gasteiger charge is 2.47. The summed E-state index contributed by atoms with van der Waals surface area (Å²) in [5.41, 5.74) is 0.318. The number of hydrogen-bond acceptors (Lipinski definition) is 2. The standard InChI is InChI=1S/C14H29NO/c1-5-6-7-8-9-10-15-12-11-13(16-4)14(12,2)3/h12-13,15H,5-11H2,1-4H3. The molecule has 2 nitrogen and oxygen atoms in total. The number of ether oxygens (including phenoxy) is 1. The van der Waals surface area contributed by atoms with Crippen molar-refractivity contribution in [3.63, 3.8) is 0 Å². The average molecular weight is 227 g/mol. The van der Waals surface area contributed by atoms with E-state index in [0.717, 1.165) is 0 Å². The molecule has 2 heteroatoms. The van der Waals surface area contributed by atoms with E-state index < -0.39 is 0 Å². The Morgan fingerprint density at radius 1 is 1.19 bits per heavy atom. The van der Waals surface area contributed by atoms with Crippen LogP contribution in [0.25, 0.3) is 0 Å². The number of unbranched alkanes of at least 4 members (excludes halogenated alkanes) is 4. The largest absolute Gasteiger partial charge is 0.381 e. The third-order valence-corrected chi connectivity index (χ3v) is 4.13. The normalized spacial score (nSPS) is 27.8. The Kier molecular flexibility index (Phi) is 5.77. The number of rotatable bonds is 8. The van der Waals surface area contributed by atoms with Gasteiger partial charge in [0.15, 0.2) is 0 Å². The lowest BCUT2D eigenvalue weighted by Gasteiger charge is -2.51. The molecule has 0 aliphatic heterocycles. The van der Waals surface area contributed by atoms with Gasteiger partial charge in [-0.25, -0.2) is 0 Å². The maximum Gasteiger partial charge on any atom is 0.0652 e. The fraction of sp³-hybridized carbons (Fsp3) is 1.00. The highest BCUT2D eigenvalue weighted by molar-refractivity contribution is 5.02. The van der Waals surface area contributed by atoms with Gasteiger partial charge in [-0.3, -0.25) is 0 Å². The average Bonchev–Trinajstić information content (AvgIpc) is 2.26. The predicted octanol–water partition coefficient (Wildman–Crippen LogP) is 3.36. The van der Waals surface area contributed by atoms with Crippen molar-refractivity contribution in [3.05, 3.63) is 0 Å². The van der Waals surface area contributed by atoms with E-state index in [1.807, 2.05) is 7.11 Å². The molecule has 0 aromatic carbocycles. The fourth-order valence-electron chi connectivity index (χ4n) is 2.64. The van der Waals surface area contributed by atoms with Gasteiger partial charge in [0.05, 0.1) is 6.10 Å². The molecular formula is C14H29NO. The lowest BCUT2D eigenvalue weighted by Crippen LogP contribution is -2.60. The van der Waals surface area contributed by atoms with E-state index in [2.05, 4.69) is 26.1 Å². The van der Waals surface area contributed by atoms with Crippen LogP contribution >= 0.6 is 0 Å². The second-order valence-corrected chi connectivity index (χ2v) is 5.70. The molecule has 1 aliphatic rings. The van der Waals surface area contributed by atoms with Gasteiger partial charge in [-0.15, -0.1) is 0 Å². The second-order valence-electron chi connectivity index (χ2n) is 5.70. The van der Waals surface area contributed by atoms with Crippen molar-refractivity contribution in [2.45, 2.75) is 71.4 Å². The van der Waals surface area contributed by atoms with Gasteiger partial charge in [0, 0.05) is 18.6 Å². The Hall–Kier alpha value is -0.0800. The first-order valence-corrected chi connectivity index (χ1v) is 6.89. The Morgan fingerprint density at radius 2 is 1.88 bits per heavy atom. The van der Waals surface area contributed by atoms with Gasteiger partial charge in [0.1, 0.15) is 0 Å². The molecule has 0 heterocycles. The molecule has 1 fully saturated rings. The number of nitrogens with one attached hydrogen (secondary N) is 1. The van der Waals surface area contributed by atoms with E-state index in [-0.39, 0.29) is 0 Å². The Bertz CT molecular complexity index is 191. The molecule has 0 saturated heterocycles. The van der Waals surface area contributed by atoms with Gasteiger partial charge in [-0.05, 0) is 19.4 Å². The fourth-order valence-corrected chi connectivity index (χ4v) is 2.64. The van der Waals surface area contributed by atoms with Crippen molar-refractivity contribution in [2.75, 3.05) is 13.7 Å². The third kappa shape index (κ3) is 3.46. The molecule has 0 spiro atoms. The van der Waals surface area contributed by atoms with Gasteiger partial charge in [0.25, 0.3) is 0 Å². The molecule has 0 radical (unpaired) electrons. The quantitative estimate of drug-likeness (QED) is 0.642. The van der Waals surface area contributed by atoms with Crippen LogP contribution in [0.4, 0.5) is 0 Å². The molecule has 1 N–H and O–H groups in total. The van der Waals surface area contributed by atoms with Gasteiger partial charge in [-0.1, -0.05) is 46.5 Å². The zero-order chi connectivity index (χ0) is 12.0. The predicted molar refractivity (Wildman–Crippen MR) is 69.7 cm³/mol. The van der Waals surface area contributed by atoms with E-state index in [1.165, 1.54) is 45.1 Å². The maximum absolute atomic E-state index is 5.45. The van der Waals surface area contributed by atoms with Crippen LogP contribution in [0.1, 0.15) is 59.3 Å². The van der Waals surface area contributed by atoms with Crippen molar-refractivity contribution < 1.29 is 4.74 Å². The Labute approximate surface area is 101 Å². The van der Waals surface area contributed by atoms with Crippen LogP contribution in [0.15, 0.2) is 0 Å². The van der Waals surface area contributed by atoms with Crippen LogP contribution in [0.2, 0.25) is 0 Å². The Morgan fingerprint density at radius 3 is 2.44 bits per heavy atom. The molecule has 2 atom stereocenters. The minimum Gasteiger partial charge on any atom is -0.381 e. The summed E-state index contributed by atoms with van der Waals surface area (Å²) in [5.74, 6) is 0. The van der Waals surface area contributed by atoms with Crippen LogP contribution in [-0.2, 0) is 4.74 Å². The van der Waals surface area contributed by atoms with E-state index in [9.17, 15) is 0 Å². The van der Waals surface area contributed by atoms with Crippen LogP contribution in [-0.4, -0.2) is 25.8 Å². The summed E-state index contributed by atoms with van der Waals surface area (Å²) in [7, 11) is 1.83. The third-order valence-electron chi connectivity index (χ3n) is 4.13. The minimum absolute atomic E-state index is 0.318. The monoisotopic (exact) mass is 227 g/mol. The van der Waals surface area contributed by atoms with E-state index in [1.54, 1.807) is 0 Å². The van der Waals surface area contributed by atoms with Crippen molar-refractivity contribution in [1.82, 2.24) is 5.32 Å². The first kappa shape index (κ1) is 14.0. The van der Waals surface area contributed by atoms with Crippen molar-refractivity contribution in [2.24, 2.45) is 5.41 Å². The number of hydrogen-bond donors (Lipinski definition) is 1. The van der Waals surface area contributed by atoms with Crippen molar-refractivity contribution in [3.8, 4) is 0 Å². The lowest BCUT2D eigenvalue weighted by atomic mass is 9.64. The van der Waals surface area contributed by atoms with E-state index >= 15 is 0 Å². The summed E-state index contributed by atoms with van der Waals surface area (Å²) in [6, 6.07) is 0.656. The molecule has 1 rings (SSSR count). The maximum atomic E-state index is 5.45. The van der Waals surface area contributed by atoms with Gasteiger partial charge < -0.3 is 10.1 Å². The molecule has 96 valence electrons. The molecule has 1 saturated carbocycles. The highest BCUT2D eigenvalue weighted by atomic mass is 16.5. The summed E-state index contributed by atoms with van der Waals surface area (Å²) < 4.78 is 5.45. The summed E-state index contributed by atoms with van der Waals surface area (Å²) >= 11 is 0. The van der Waals surface area contributed by atoms with Crippen LogP contribution in [0.3, 0.4) is 0 Å². The molecule has 2 unspecified atom stereocenters. The SMILES string of the molecule is CCCCCCCNC1CC(OC)C1(C)C. The first-order valence-electron chi connectivity index (χ1n) is 6.89. The summed E-state index contributed by atoms with van der Waals surface area (Å²) in [4.78, 5) is 0. The lowest BCUT2D eigenvalue weighted by molar-refractivity contribution is -0.0972.